The van der Waals surface area contributed by atoms with E-state index in [2.05, 4.69) is 10.6 Å². The van der Waals surface area contributed by atoms with Crippen LogP contribution in [0.3, 0.4) is 0 Å². The van der Waals surface area contributed by atoms with Gasteiger partial charge < -0.3 is 20.6 Å². The van der Waals surface area contributed by atoms with Crippen LogP contribution in [0.5, 0.6) is 0 Å². The lowest BCUT2D eigenvalue weighted by molar-refractivity contribution is -0.115. The monoisotopic (exact) mass is 431 g/mol. The van der Waals surface area contributed by atoms with Crippen LogP contribution in [0.25, 0.3) is 0 Å². The molecule has 0 aliphatic carbocycles. The van der Waals surface area contributed by atoms with E-state index in [4.69, 9.17) is 0 Å². The van der Waals surface area contributed by atoms with Crippen LogP contribution in [0.4, 0.5) is 11.4 Å². The van der Waals surface area contributed by atoms with E-state index < -0.39 is 6.10 Å². The van der Waals surface area contributed by atoms with E-state index in [9.17, 15) is 14.7 Å². The highest BCUT2D eigenvalue weighted by Gasteiger charge is 2.17. The number of amides is 2. The molecule has 2 amide bonds. The molecule has 0 radical (unpaired) electrons. The number of hydrogen-bond donors (Lipinski definition) is 3. The minimum Gasteiger partial charge on any atom is -0.392 e. The second-order valence-corrected chi connectivity index (χ2v) is 7.83. The summed E-state index contributed by atoms with van der Waals surface area (Å²) >= 11 is 0. The number of aliphatic hydroxyl groups excluding tert-OH is 1. The average molecular weight is 432 g/mol. The SMILES string of the molecule is Cc1ccc(CNC(=O)c2ccccc2NC(=O)CN(CC(C)O)c2ccccc2)cc1. The van der Waals surface area contributed by atoms with E-state index in [-0.39, 0.29) is 18.4 Å². The number of benzene rings is 3. The first kappa shape index (κ1) is 23.0. The quantitative estimate of drug-likeness (QED) is 0.482. The van der Waals surface area contributed by atoms with Gasteiger partial charge in [0, 0.05) is 18.8 Å². The van der Waals surface area contributed by atoms with E-state index >= 15 is 0 Å². The molecule has 0 spiro atoms. The van der Waals surface area contributed by atoms with Crippen LogP contribution in [0.1, 0.15) is 28.4 Å². The van der Waals surface area contributed by atoms with Crippen LogP contribution in [0, 0.1) is 6.92 Å². The Hall–Kier alpha value is -3.64. The maximum atomic E-state index is 12.8. The Morgan fingerprint density at radius 2 is 1.59 bits per heavy atom. The van der Waals surface area contributed by atoms with Gasteiger partial charge in [-0.1, -0.05) is 60.2 Å². The summed E-state index contributed by atoms with van der Waals surface area (Å²) in [5.41, 5.74) is 3.85. The Balaban J connectivity index is 1.67. The first-order chi connectivity index (χ1) is 15.4. The molecule has 0 aliphatic rings. The number of hydrogen-bond acceptors (Lipinski definition) is 4. The molecule has 3 rings (SSSR count). The number of nitrogens with one attached hydrogen (secondary N) is 2. The van der Waals surface area contributed by atoms with E-state index in [0.717, 1.165) is 16.8 Å². The fourth-order valence-corrected chi connectivity index (χ4v) is 3.36. The molecule has 6 heteroatoms. The van der Waals surface area contributed by atoms with Gasteiger partial charge in [-0.15, -0.1) is 0 Å². The molecular formula is C26H29N3O3. The van der Waals surface area contributed by atoms with Gasteiger partial charge in [-0.05, 0) is 43.7 Å². The van der Waals surface area contributed by atoms with Crippen molar-refractivity contribution in [3.05, 3.63) is 95.6 Å². The van der Waals surface area contributed by atoms with Crippen LogP contribution >= 0.6 is 0 Å². The van der Waals surface area contributed by atoms with Crippen molar-refractivity contribution in [3.63, 3.8) is 0 Å². The van der Waals surface area contributed by atoms with Gasteiger partial charge in [0.25, 0.3) is 5.91 Å². The van der Waals surface area contributed by atoms with Crippen molar-refractivity contribution in [1.82, 2.24) is 5.32 Å². The Bertz CT molecular complexity index is 1030. The molecule has 0 saturated heterocycles. The van der Waals surface area contributed by atoms with Crippen molar-refractivity contribution in [2.75, 3.05) is 23.3 Å². The van der Waals surface area contributed by atoms with E-state index in [1.54, 1.807) is 36.1 Å². The van der Waals surface area contributed by atoms with Crippen LogP contribution in [0.2, 0.25) is 0 Å². The lowest BCUT2D eigenvalue weighted by Gasteiger charge is -2.25. The zero-order valence-electron chi connectivity index (χ0n) is 18.4. The van der Waals surface area contributed by atoms with Gasteiger partial charge in [0.05, 0.1) is 23.9 Å². The summed E-state index contributed by atoms with van der Waals surface area (Å²) in [4.78, 5) is 27.4. The number of nitrogens with zero attached hydrogens (tertiary/aromatic N) is 1. The Morgan fingerprint density at radius 3 is 2.28 bits per heavy atom. The smallest absolute Gasteiger partial charge is 0.253 e. The third kappa shape index (κ3) is 6.68. The number of anilines is 2. The van der Waals surface area contributed by atoms with Crippen molar-refractivity contribution in [2.45, 2.75) is 26.5 Å². The van der Waals surface area contributed by atoms with Crippen molar-refractivity contribution in [2.24, 2.45) is 0 Å². The zero-order valence-corrected chi connectivity index (χ0v) is 18.4. The second kappa shape index (κ2) is 11.1. The normalized spacial score (nSPS) is 11.5. The molecule has 3 aromatic rings. The summed E-state index contributed by atoms with van der Waals surface area (Å²) in [7, 11) is 0. The Morgan fingerprint density at radius 1 is 0.938 bits per heavy atom. The third-order valence-electron chi connectivity index (χ3n) is 4.96. The lowest BCUT2D eigenvalue weighted by Crippen LogP contribution is -2.38. The number of para-hydroxylation sites is 2. The van der Waals surface area contributed by atoms with Gasteiger partial charge in [-0.2, -0.15) is 0 Å². The van der Waals surface area contributed by atoms with Crippen LogP contribution in [0.15, 0.2) is 78.9 Å². The highest BCUT2D eigenvalue weighted by atomic mass is 16.3. The van der Waals surface area contributed by atoms with Gasteiger partial charge in [-0.25, -0.2) is 0 Å². The molecule has 6 nitrogen and oxygen atoms in total. The largest absolute Gasteiger partial charge is 0.392 e. The standard InChI is InChI=1S/C26H29N3O3/c1-19-12-14-21(15-13-19)16-27-26(32)23-10-6-7-11-24(23)28-25(31)18-29(17-20(2)30)22-8-4-3-5-9-22/h3-15,20,30H,16-18H2,1-2H3,(H,27,32)(H,28,31). The maximum Gasteiger partial charge on any atom is 0.253 e. The molecule has 0 aliphatic heterocycles. The fourth-order valence-electron chi connectivity index (χ4n) is 3.36. The molecule has 3 N–H and O–H groups in total. The molecule has 0 heterocycles. The maximum absolute atomic E-state index is 12.8. The van der Waals surface area contributed by atoms with Gasteiger partial charge in [0.15, 0.2) is 0 Å². The highest BCUT2D eigenvalue weighted by molar-refractivity contribution is 6.04. The lowest BCUT2D eigenvalue weighted by atomic mass is 10.1. The first-order valence-electron chi connectivity index (χ1n) is 10.6. The Kier molecular flexibility index (Phi) is 8.00. The van der Waals surface area contributed by atoms with Crippen molar-refractivity contribution >= 4 is 23.2 Å². The van der Waals surface area contributed by atoms with E-state index in [1.807, 2.05) is 61.5 Å². The Labute approximate surface area is 188 Å². The van der Waals surface area contributed by atoms with Crippen LogP contribution in [-0.2, 0) is 11.3 Å². The summed E-state index contributed by atoms with van der Waals surface area (Å²) < 4.78 is 0. The number of aliphatic hydroxyl groups is 1. The molecule has 1 unspecified atom stereocenters. The van der Waals surface area contributed by atoms with Crippen LogP contribution in [-0.4, -0.2) is 36.1 Å². The summed E-state index contributed by atoms with van der Waals surface area (Å²) in [5, 5.41) is 15.6. The van der Waals surface area contributed by atoms with E-state index in [1.165, 1.54) is 0 Å². The van der Waals surface area contributed by atoms with Crippen molar-refractivity contribution in [1.29, 1.82) is 0 Å². The molecule has 0 saturated carbocycles. The first-order valence-corrected chi connectivity index (χ1v) is 10.6. The third-order valence-corrected chi connectivity index (χ3v) is 4.96. The summed E-state index contributed by atoms with van der Waals surface area (Å²) in [6.07, 6.45) is -0.595. The summed E-state index contributed by atoms with van der Waals surface area (Å²) in [6.45, 7) is 4.46. The van der Waals surface area contributed by atoms with Crippen LogP contribution < -0.4 is 15.5 Å². The molecule has 3 aromatic carbocycles. The van der Waals surface area contributed by atoms with Crippen molar-refractivity contribution in [3.8, 4) is 0 Å². The molecule has 166 valence electrons. The number of aryl methyl sites for hydroxylation is 1. The second-order valence-electron chi connectivity index (χ2n) is 7.83. The summed E-state index contributed by atoms with van der Waals surface area (Å²) in [5.74, 6) is -0.529. The van der Waals surface area contributed by atoms with Gasteiger partial charge >= 0.3 is 0 Å². The molecular weight excluding hydrogens is 402 g/mol. The highest BCUT2D eigenvalue weighted by Crippen LogP contribution is 2.17. The molecule has 0 fully saturated rings. The molecule has 32 heavy (non-hydrogen) atoms. The molecule has 0 aromatic heterocycles. The number of carbonyl (C=O) groups excluding carboxylic acids is 2. The van der Waals surface area contributed by atoms with Gasteiger partial charge in [0.1, 0.15) is 0 Å². The minimum atomic E-state index is -0.595. The van der Waals surface area contributed by atoms with Crippen molar-refractivity contribution < 1.29 is 14.7 Å². The topological polar surface area (TPSA) is 81.7 Å². The average Bonchev–Trinajstić information content (AvgIpc) is 2.78. The number of rotatable bonds is 9. The van der Waals surface area contributed by atoms with Gasteiger partial charge in [-0.3, -0.25) is 9.59 Å². The predicted octanol–water partition coefficient (Wildman–Crippen LogP) is 3.75. The fraction of sp³-hybridized carbons (Fsp3) is 0.231. The molecule has 1 atom stereocenters. The zero-order chi connectivity index (χ0) is 22.9. The predicted molar refractivity (Wildman–Crippen MR) is 128 cm³/mol. The van der Waals surface area contributed by atoms with Gasteiger partial charge in [0.2, 0.25) is 5.91 Å². The number of carbonyl (C=O) groups is 2. The molecule has 0 bridgehead atoms. The van der Waals surface area contributed by atoms with E-state index in [0.29, 0.717) is 24.3 Å². The summed E-state index contributed by atoms with van der Waals surface area (Å²) in [6, 6.07) is 24.3. The minimum absolute atomic E-state index is 0.0498.